The molecule has 2 amide bonds. The van der Waals surface area contributed by atoms with Crippen molar-refractivity contribution in [3.05, 3.63) is 11.7 Å². The smallest absolute Gasteiger partial charge is 0.292 e. The number of nitrogens with one attached hydrogen (secondary N) is 2. The Morgan fingerprint density at radius 1 is 1.48 bits per heavy atom. The van der Waals surface area contributed by atoms with Crippen LogP contribution in [-0.2, 0) is 4.79 Å². The van der Waals surface area contributed by atoms with Gasteiger partial charge in [-0.15, -0.1) is 0 Å². The van der Waals surface area contributed by atoms with E-state index in [0.29, 0.717) is 25.3 Å². The Kier molecular flexibility index (Phi) is 3.87. The number of hydrogen-bond acceptors (Lipinski definition) is 6. The fourth-order valence-corrected chi connectivity index (χ4v) is 2.74. The first-order valence-corrected chi connectivity index (χ1v) is 7.25. The van der Waals surface area contributed by atoms with Crippen LogP contribution in [0.25, 0.3) is 0 Å². The van der Waals surface area contributed by atoms with Crippen molar-refractivity contribution >= 4 is 11.8 Å². The van der Waals surface area contributed by atoms with Gasteiger partial charge < -0.3 is 20.1 Å². The fourth-order valence-electron chi connectivity index (χ4n) is 2.74. The molecular weight excluding hydrogens is 274 g/mol. The predicted molar refractivity (Wildman–Crippen MR) is 72.4 cm³/mol. The van der Waals surface area contributed by atoms with Gasteiger partial charge in [-0.05, 0) is 25.8 Å². The maximum atomic E-state index is 12.1. The van der Waals surface area contributed by atoms with Gasteiger partial charge in [-0.1, -0.05) is 5.16 Å². The minimum absolute atomic E-state index is 0.0532. The summed E-state index contributed by atoms with van der Waals surface area (Å²) in [6.07, 6.45) is 3.10. The number of likely N-dealkylation sites (tertiary alicyclic amines) is 1. The average Bonchev–Trinajstić information content (AvgIpc) is 3.12. The zero-order valence-corrected chi connectivity index (χ0v) is 12.0. The van der Waals surface area contributed by atoms with Crippen LogP contribution in [0.5, 0.6) is 0 Å². The highest BCUT2D eigenvalue weighted by atomic mass is 16.5. The van der Waals surface area contributed by atoms with E-state index in [0.717, 1.165) is 19.4 Å². The van der Waals surface area contributed by atoms with Crippen molar-refractivity contribution in [1.82, 2.24) is 25.7 Å². The highest BCUT2D eigenvalue weighted by Gasteiger charge is 2.27. The molecule has 1 aromatic heterocycles. The van der Waals surface area contributed by atoms with E-state index in [1.807, 2.05) is 0 Å². The summed E-state index contributed by atoms with van der Waals surface area (Å²) in [6, 6.07) is -0.00996. The number of amides is 2. The Morgan fingerprint density at radius 3 is 3.05 bits per heavy atom. The van der Waals surface area contributed by atoms with E-state index in [1.165, 1.54) is 0 Å². The van der Waals surface area contributed by atoms with Crippen LogP contribution in [0.15, 0.2) is 4.52 Å². The molecule has 0 bridgehead atoms. The number of likely N-dealkylation sites (N-methyl/N-ethyl adjacent to an activating group) is 1. The van der Waals surface area contributed by atoms with Gasteiger partial charge >= 0.3 is 0 Å². The summed E-state index contributed by atoms with van der Waals surface area (Å²) in [5.41, 5.74) is 0. The Labute approximate surface area is 122 Å². The molecule has 2 saturated heterocycles. The van der Waals surface area contributed by atoms with Crippen LogP contribution in [-0.4, -0.2) is 53.0 Å². The van der Waals surface area contributed by atoms with Crippen molar-refractivity contribution in [2.24, 2.45) is 0 Å². The van der Waals surface area contributed by atoms with Crippen molar-refractivity contribution < 1.29 is 14.1 Å². The largest absolute Gasteiger partial charge is 0.345 e. The lowest BCUT2D eigenvalue weighted by molar-refractivity contribution is -0.132. The molecule has 0 radical (unpaired) electrons. The zero-order valence-electron chi connectivity index (χ0n) is 12.0. The minimum Gasteiger partial charge on any atom is -0.345 e. The molecule has 21 heavy (non-hydrogen) atoms. The fraction of sp³-hybridized carbons (Fsp3) is 0.692. The van der Waals surface area contributed by atoms with Crippen molar-refractivity contribution in [3.63, 3.8) is 0 Å². The lowest BCUT2D eigenvalue weighted by Crippen LogP contribution is -2.48. The molecule has 2 aliphatic rings. The summed E-state index contributed by atoms with van der Waals surface area (Å²) in [7, 11) is 1.73. The molecule has 2 unspecified atom stereocenters. The first kappa shape index (κ1) is 14.0. The standard InChI is InChI=1S/C13H19N5O3/c1-18-7-8(4-5-10(18)19)15-12(20)11-16-13(21-17-11)9-3-2-6-14-9/h8-9,14H,2-7H2,1H3,(H,15,20). The summed E-state index contributed by atoms with van der Waals surface area (Å²) in [4.78, 5) is 29.3. The molecule has 1 aromatic rings. The van der Waals surface area contributed by atoms with Crippen LogP contribution in [0.3, 0.4) is 0 Å². The van der Waals surface area contributed by atoms with Gasteiger partial charge in [0, 0.05) is 26.1 Å². The molecule has 2 fully saturated rings. The van der Waals surface area contributed by atoms with Gasteiger partial charge in [-0.25, -0.2) is 0 Å². The molecule has 3 heterocycles. The molecule has 0 aromatic carbocycles. The highest BCUT2D eigenvalue weighted by Crippen LogP contribution is 2.21. The number of hydrogen-bond donors (Lipinski definition) is 2. The number of piperidine rings is 1. The van der Waals surface area contributed by atoms with E-state index in [2.05, 4.69) is 20.8 Å². The predicted octanol–water partition coefficient (Wildman–Crippen LogP) is -0.155. The van der Waals surface area contributed by atoms with Crippen molar-refractivity contribution in [2.45, 2.75) is 37.8 Å². The first-order chi connectivity index (χ1) is 10.1. The van der Waals surface area contributed by atoms with E-state index in [9.17, 15) is 9.59 Å². The number of carbonyl (C=O) groups is 2. The number of carbonyl (C=O) groups excluding carboxylic acids is 2. The molecule has 8 heteroatoms. The van der Waals surface area contributed by atoms with Crippen molar-refractivity contribution in [2.75, 3.05) is 20.1 Å². The second-order valence-electron chi connectivity index (χ2n) is 5.59. The molecule has 2 atom stereocenters. The van der Waals surface area contributed by atoms with Crippen molar-refractivity contribution in [1.29, 1.82) is 0 Å². The SMILES string of the molecule is CN1CC(NC(=O)c2noc(C3CCCN3)n2)CCC1=O. The zero-order chi connectivity index (χ0) is 14.8. The third-order valence-electron chi connectivity index (χ3n) is 3.97. The van der Waals surface area contributed by atoms with Gasteiger partial charge in [-0.2, -0.15) is 4.98 Å². The van der Waals surface area contributed by atoms with Crippen molar-refractivity contribution in [3.8, 4) is 0 Å². The third-order valence-corrected chi connectivity index (χ3v) is 3.97. The number of aromatic nitrogens is 2. The Morgan fingerprint density at radius 2 is 2.33 bits per heavy atom. The van der Waals surface area contributed by atoms with E-state index in [4.69, 9.17) is 4.52 Å². The molecular formula is C13H19N5O3. The quantitative estimate of drug-likeness (QED) is 0.803. The lowest BCUT2D eigenvalue weighted by Gasteiger charge is -2.29. The summed E-state index contributed by atoms with van der Waals surface area (Å²) in [6.45, 7) is 1.44. The first-order valence-electron chi connectivity index (χ1n) is 7.25. The molecule has 0 saturated carbocycles. The normalized spacial score (nSPS) is 26.1. The molecule has 2 aliphatic heterocycles. The van der Waals surface area contributed by atoms with Gasteiger partial charge in [0.05, 0.1) is 6.04 Å². The van der Waals surface area contributed by atoms with Gasteiger partial charge in [0.2, 0.25) is 11.8 Å². The topological polar surface area (TPSA) is 100 Å². The third kappa shape index (κ3) is 3.05. The van der Waals surface area contributed by atoms with E-state index in [-0.39, 0.29) is 29.7 Å². The molecule has 0 spiro atoms. The van der Waals surface area contributed by atoms with E-state index in [1.54, 1.807) is 11.9 Å². The Hall–Kier alpha value is -1.96. The van der Waals surface area contributed by atoms with Gasteiger partial charge in [0.25, 0.3) is 11.7 Å². The molecule has 2 N–H and O–H groups in total. The molecule has 3 rings (SSSR count). The summed E-state index contributed by atoms with van der Waals surface area (Å²) in [5.74, 6) is 0.275. The second kappa shape index (κ2) is 5.80. The van der Waals surface area contributed by atoms with Crippen LogP contribution in [0.1, 0.15) is 48.2 Å². The van der Waals surface area contributed by atoms with Crippen LogP contribution < -0.4 is 10.6 Å². The minimum atomic E-state index is -0.351. The van der Waals surface area contributed by atoms with Crippen LogP contribution >= 0.6 is 0 Å². The van der Waals surface area contributed by atoms with E-state index < -0.39 is 0 Å². The lowest BCUT2D eigenvalue weighted by atomic mass is 10.1. The van der Waals surface area contributed by atoms with Crippen LogP contribution in [0, 0.1) is 0 Å². The number of nitrogens with zero attached hydrogens (tertiary/aromatic N) is 3. The second-order valence-corrected chi connectivity index (χ2v) is 5.59. The summed E-state index contributed by atoms with van der Waals surface area (Å²) >= 11 is 0. The van der Waals surface area contributed by atoms with Crippen LogP contribution in [0.4, 0.5) is 0 Å². The Bertz CT molecular complexity index is 538. The molecule has 8 nitrogen and oxygen atoms in total. The number of rotatable bonds is 3. The molecule has 0 aliphatic carbocycles. The maximum absolute atomic E-state index is 12.1. The highest BCUT2D eigenvalue weighted by molar-refractivity contribution is 5.90. The Balaban J connectivity index is 1.59. The average molecular weight is 293 g/mol. The molecule has 114 valence electrons. The van der Waals surface area contributed by atoms with Gasteiger partial charge in [0.15, 0.2) is 0 Å². The summed E-state index contributed by atoms with van der Waals surface area (Å²) in [5, 5.41) is 9.84. The van der Waals surface area contributed by atoms with Gasteiger partial charge in [0.1, 0.15) is 0 Å². The monoisotopic (exact) mass is 293 g/mol. The van der Waals surface area contributed by atoms with E-state index >= 15 is 0 Å². The summed E-state index contributed by atoms with van der Waals surface area (Å²) < 4.78 is 5.15. The maximum Gasteiger partial charge on any atom is 0.292 e. The van der Waals surface area contributed by atoms with Crippen LogP contribution in [0.2, 0.25) is 0 Å². The van der Waals surface area contributed by atoms with Gasteiger partial charge in [-0.3, -0.25) is 9.59 Å².